The molecule has 6 heteroatoms. The van der Waals surface area contributed by atoms with Gasteiger partial charge in [-0.1, -0.05) is 0 Å². The van der Waals surface area contributed by atoms with E-state index in [0.29, 0.717) is 18.3 Å². The Labute approximate surface area is 70.1 Å². The van der Waals surface area contributed by atoms with Crippen LogP contribution in [-0.2, 0) is 0 Å². The van der Waals surface area contributed by atoms with Gasteiger partial charge in [-0.25, -0.2) is 4.99 Å². The van der Waals surface area contributed by atoms with E-state index in [1.54, 1.807) is 0 Å². The van der Waals surface area contributed by atoms with E-state index in [0.717, 1.165) is 6.42 Å². The lowest BCUT2D eigenvalue weighted by atomic mass is 10.2. The molecule has 0 spiro atoms. The highest BCUT2D eigenvalue weighted by atomic mass is 35.5. The molecular weight excluding hydrogens is 166 g/mol. The first-order valence-electron chi connectivity index (χ1n) is 3.40. The van der Waals surface area contributed by atoms with Crippen molar-refractivity contribution in [2.45, 2.75) is 18.6 Å². The third-order valence-corrected chi connectivity index (χ3v) is 1.69. The molecule has 0 bridgehead atoms. The molecular formula is C5H12ClN5. The molecule has 0 fully saturated rings. The summed E-state index contributed by atoms with van der Waals surface area (Å²) in [4.78, 5) is 3.95. The van der Waals surface area contributed by atoms with Crippen molar-refractivity contribution in [3.8, 4) is 0 Å². The molecule has 6 N–H and O–H groups in total. The van der Waals surface area contributed by atoms with Crippen LogP contribution in [0.15, 0.2) is 4.99 Å². The molecule has 1 aliphatic heterocycles. The lowest BCUT2D eigenvalue weighted by Gasteiger charge is -2.18. The predicted octanol–water partition coefficient (Wildman–Crippen LogP) is -0.960. The second-order valence-corrected chi connectivity index (χ2v) is 2.84. The highest BCUT2D eigenvalue weighted by Crippen LogP contribution is 2.10. The van der Waals surface area contributed by atoms with Crippen LogP contribution < -0.4 is 22.3 Å². The Bertz CT molecular complexity index is 170. The molecule has 11 heavy (non-hydrogen) atoms. The number of hydrogen-bond acceptors (Lipinski definition) is 5. The van der Waals surface area contributed by atoms with Crippen molar-refractivity contribution in [2.24, 2.45) is 16.5 Å². The van der Waals surface area contributed by atoms with E-state index < -0.39 is 5.79 Å². The Kier molecular flexibility index (Phi) is 2.53. The summed E-state index contributed by atoms with van der Waals surface area (Å²) >= 11 is 5.49. The van der Waals surface area contributed by atoms with Gasteiger partial charge in [0.1, 0.15) is 0 Å². The molecule has 1 atom stereocenters. The number of hydrogen-bond donors (Lipinski definition) is 4. The molecule has 0 aromatic heterocycles. The van der Waals surface area contributed by atoms with Crippen LogP contribution in [0.5, 0.6) is 0 Å². The van der Waals surface area contributed by atoms with Crippen LogP contribution in [0.25, 0.3) is 0 Å². The van der Waals surface area contributed by atoms with E-state index in [4.69, 9.17) is 23.1 Å². The van der Waals surface area contributed by atoms with Crippen LogP contribution in [0.4, 0.5) is 0 Å². The minimum absolute atomic E-state index is 0.321. The fraction of sp³-hybridized carbons (Fsp3) is 0.800. The number of nitrogens with two attached hydrogens (primary N) is 2. The van der Waals surface area contributed by atoms with Gasteiger partial charge in [-0.3, -0.25) is 11.2 Å². The molecule has 1 unspecified atom stereocenters. The molecule has 5 nitrogen and oxygen atoms in total. The quantitative estimate of drug-likeness (QED) is 0.418. The Balaban J connectivity index is 2.42. The van der Waals surface area contributed by atoms with Crippen molar-refractivity contribution in [1.82, 2.24) is 10.9 Å². The third kappa shape index (κ3) is 2.21. The normalized spacial score (nSPS) is 29.8. The van der Waals surface area contributed by atoms with Gasteiger partial charge in [-0.15, -0.1) is 11.6 Å². The van der Waals surface area contributed by atoms with Crippen LogP contribution in [0.2, 0.25) is 0 Å². The molecule has 1 heterocycles. The summed E-state index contributed by atoms with van der Waals surface area (Å²) in [6.07, 6.45) is 1.48. The van der Waals surface area contributed by atoms with Gasteiger partial charge in [0.2, 0.25) is 5.96 Å². The van der Waals surface area contributed by atoms with Gasteiger partial charge in [-0.05, 0) is 6.42 Å². The number of alkyl halides is 1. The Morgan fingerprint density at radius 3 is 2.82 bits per heavy atom. The summed E-state index contributed by atoms with van der Waals surface area (Å²) < 4.78 is 0. The molecule has 0 aliphatic carbocycles. The highest BCUT2D eigenvalue weighted by molar-refractivity contribution is 6.17. The Morgan fingerprint density at radius 1 is 1.64 bits per heavy atom. The number of rotatable bonds is 3. The lowest BCUT2D eigenvalue weighted by Crippen LogP contribution is -2.53. The van der Waals surface area contributed by atoms with E-state index in [9.17, 15) is 0 Å². The maximum atomic E-state index is 5.74. The maximum Gasteiger partial charge on any atom is 0.206 e. The zero-order valence-corrected chi connectivity index (χ0v) is 6.86. The van der Waals surface area contributed by atoms with Crippen molar-refractivity contribution in [3.05, 3.63) is 0 Å². The van der Waals surface area contributed by atoms with Crippen LogP contribution in [-0.4, -0.2) is 17.6 Å². The number of nitrogens with one attached hydrogen (secondary N) is 2. The first kappa shape index (κ1) is 8.58. The highest BCUT2D eigenvalue weighted by Gasteiger charge is 2.27. The topological polar surface area (TPSA) is 88.5 Å². The molecule has 64 valence electrons. The summed E-state index contributed by atoms with van der Waals surface area (Å²) in [5.74, 6) is 0.136. The van der Waals surface area contributed by atoms with E-state index in [2.05, 4.69) is 15.8 Å². The van der Waals surface area contributed by atoms with Gasteiger partial charge in [0.15, 0.2) is 5.79 Å². The molecule has 0 radical (unpaired) electrons. The van der Waals surface area contributed by atoms with Crippen molar-refractivity contribution in [1.29, 1.82) is 0 Å². The zero-order valence-electron chi connectivity index (χ0n) is 6.10. The van der Waals surface area contributed by atoms with Crippen molar-refractivity contribution < 1.29 is 0 Å². The fourth-order valence-corrected chi connectivity index (χ4v) is 1.03. The van der Waals surface area contributed by atoms with Crippen LogP contribution in [0, 0.1) is 0 Å². The fourth-order valence-electron chi connectivity index (χ4n) is 0.898. The van der Waals surface area contributed by atoms with Gasteiger partial charge in [-0.2, -0.15) is 5.43 Å². The smallest absolute Gasteiger partial charge is 0.206 e. The average molecular weight is 178 g/mol. The first-order chi connectivity index (χ1) is 5.16. The molecule has 0 saturated heterocycles. The molecule has 0 aromatic rings. The Hall–Kier alpha value is -0.520. The molecule has 1 aliphatic rings. The van der Waals surface area contributed by atoms with Crippen LogP contribution in [0.3, 0.4) is 0 Å². The maximum absolute atomic E-state index is 5.74. The summed E-state index contributed by atoms with van der Waals surface area (Å²) in [5, 5.41) is 0. The largest absolute Gasteiger partial charge is 0.369 e. The van der Waals surface area contributed by atoms with E-state index in [1.165, 1.54) is 0 Å². The molecule has 0 amide bonds. The Morgan fingerprint density at radius 2 is 2.36 bits per heavy atom. The SMILES string of the molecule is NC1=NC(N)(CCCCl)NN1. The number of aliphatic imine (C=N–C) groups is 1. The summed E-state index contributed by atoms with van der Waals surface area (Å²) in [6, 6.07) is 0. The van der Waals surface area contributed by atoms with Crippen LogP contribution in [0.1, 0.15) is 12.8 Å². The monoisotopic (exact) mass is 177 g/mol. The number of halogens is 1. The average Bonchev–Trinajstić information content (AvgIpc) is 2.28. The van der Waals surface area contributed by atoms with Gasteiger partial charge in [0.05, 0.1) is 0 Å². The minimum atomic E-state index is -0.765. The number of guanidine groups is 1. The number of hydrazine groups is 1. The molecule has 0 saturated carbocycles. The standard InChI is InChI=1S/C5H12ClN5/c6-3-1-2-5(8)9-4(7)10-11-5/h11H,1-3,8H2,(H3,7,9,10). The van der Waals surface area contributed by atoms with E-state index >= 15 is 0 Å². The van der Waals surface area contributed by atoms with Crippen molar-refractivity contribution in [3.63, 3.8) is 0 Å². The minimum Gasteiger partial charge on any atom is -0.369 e. The van der Waals surface area contributed by atoms with Crippen molar-refractivity contribution in [2.75, 3.05) is 5.88 Å². The summed E-state index contributed by atoms with van der Waals surface area (Å²) in [5.41, 5.74) is 16.5. The van der Waals surface area contributed by atoms with Gasteiger partial charge < -0.3 is 5.73 Å². The first-order valence-corrected chi connectivity index (χ1v) is 3.93. The zero-order chi connectivity index (χ0) is 8.32. The van der Waals surface area contributed by atoms with Gasteiger partial charge in [0.25, 0.3) is 0 Å². The third-order valence-electron chi connectivity index (χ3n) is 1.42. The predicted molar refractivity (Wildman–Crippen MR) is 44.8 cm³/mol. The van der Waals surface area contributed by atoms with Gasteiger partial charge in [0, 0.05) is 12.3 Å². The van der Waals surface area contributed by atoms with Crippen molar-refractivity contribution >= 4 is 17.6 Å². The van der Waals surface area contributed by atoms with Gasteiger partial charge >= 0.3 is 0 Å². The second-order valence-electron chi connectivity index (χ2n) is 2.46. The summed E-state index contributed by atoms with van der Waals surface area (Å²) in [6.45, 7) is 0. The van der Waals surface area contributed by atoms with E-state index in [-0.39, 0.29) is 0 Å². The van der Waals surface area contributed by atoms with Crippen LogP contribution >= 0.6 is 11.6 Å². The van der Waals surface area contributed by atoms with E-state index in [1.807, 2.05) is 0 Å². The summed E-state index contributed by atoms with van der Waals surface area (Å²) in [7, 11) is 0. The molecule has 1 rings (SSSR count). The number of nitrogens with zero attached hydrogens (tertiary/aromatic N) is 1. The molecule has 0 aromatic carbocycles. The lowest BCUT2D eigenvalue weighted by molar-refractivity contribution is 0.334. The second kappa shape index (κ2) is 3.25.